The molecule has 0 saturated heterocycles. The highest BCUT2D eigenvalue weighted by molar-refractivity contribution is 5.65. The molecule has 0 saturated carbocycles. The molecule has 0 unspecified atom stereocenters. The van der Waals surface area contributed by atoms with Crippen molar-refractivity contribution >= 4 is 6.08 Å². The molecule has 1 aliphatic heterocycles. The van der Waals surface area contributed by atoms with Gasteiger partial charge in [-0.05, 0) is 33.9 Å². The van der Waals surface area contributed by atoms with Gasteiger partial charge in [0.25, 0.3) is 0 Å². The van der Waals surface area contributed by atoms with Gasteiger partial charge in [0, 0.05) is 19.5 Å². The minimum atomic E-state index is 0.817. The summed E-state index contributed by atoms with van der Waals surface area (Å²) >= 11 is 0. The zero-order valence-corrected chi connectivity index (χ0v) is 14.8. The van der Waals surface area contributed by atoms with E-state index < -0.39 is 0 Å². The molecule has 1 heterocycles. The van der Waals surface area contributed by atoms with Crippen LogP contribution in [-0.4, -0.2) is 13.2 Å². The van der Waals surface area contributed by atoms with Crippen LogP contribution in [0.1, 0.15) is 16.7 Å². The number of ether oxygens (including phenoxy) is 1. The second-order valence-corrected chi connectivity index (χ2v) is 6.56. The van der Waals surface area contributed by atoms with Crippen LogP contribution in [0.2, 0.25) is 0 Å². The molecule has 3 aromatic carbocycles. The van der Waals surface area contributed by atoms with Crippen LogP contribution in [-0.2, 0) is 13.0 Å². The Morgan fingerprint density at radius 1 is 0.885 bits per heavy atom. The second-order valence-electron chi connectivity index (χ2n) is 6.56. The van der Waals surface area contributed by atoms with E-state index in [1.165, 1.54) is 27.8 Å². The number of fused-ring (bicyclic) bond motifs is 1. The first-order valence-electron chi connectivity index (χ1n) is 9.16. The molecule has 0 spiro atoms. The summed E-state index contributed by atoms with van der Waals surface area (Å²) < 4.78 is 5.55. The van der Waals surface area contributed by atoms with Crippen molar-refractivity contribution in [2.24, 2.45) is 0 Å². The fourth-order valence-electron chi connectivity index (χ4n) is 3.26. The van der Waals surface area contributed by atoms with Gasteiger partial charge in [-0.15, -0.1) is 0 Å². The Hall–Kier alpha value is -2.84. The Balaban J connectivity index is 1.27. The van der Waals surface area contributed by atoms with Gasteiger partial charge in [0.05, 0.1) is 6.61 Å². The Kier molecular flexibility index (Phi) is 5.13. The van der Waals surface area contributed by atoms with Crippen LogP contribution in [0.4, 0.5) is 0 Å². The standard InChI is InChI=1S/C24H23NO/c1-2-6-21(7-3-1)22-11-8-19(9-12-22)5-4-15-25-18-20-10-13-24-23(17-20)14-16-26-24/h1-13,17,25H,14-16,18H2/b5-4+. The monoisotopic (exact) mass is 341 g/mol. The van der Waals surface area contributed by atoms with E-state index in [4.69, 9.17) is 4.74 Å². The van der Waals surface area contributed by atoms with Crippen molar-refractivity contribution in [3.05, 3.63) is 95.6 Å². The topological polar surface area (TPSA) is 21.3 Å². The highest BCUT2D eigenvalue weighted by atomic mass is 16.5. The number of benzene rings is 3. The highest BCUT2D eigenvalue weighted by Gasteiger charge is 2.11. The molecule has 1 N–H and O–H groups in total. The Bertz CT molecular complexity index is 882. The van der Waals surface area contributed by atoms with E-state index in [1.54, 1.807) is 0 Å². The summed E-state index contributed by atoms with van der Waals surface area (Å²) in [6, 6.07) is 25.6. The second kappa shape index (κ2) is 8.03. The van der Waals surface area contributed by atoms with Crippen molar-refractivity contribution in [1.29, 1.82) is 0 Å². The van der Waals surface area contributed by atoms with Gasteiger partial charge in [-0.3, -0.25) is 0 Å². The van der Waals surface area contributed by atoms with E-state index in [-0.39, 0.29) is 0 Å². The van der Waals surface area contributed by atoms with Crippen LogP contribution < -0.4 is 10.1 Å². The predicted molar refractivity (Wildman–Crippen MR) is 108 cm³/mol. The van der Waals surface area contributed by atoms with Crippen molar-refractivity contribution in [2.75, 3.05) is 13.2 Å². The van der Waals surface area contributed by atoms with Crippen molar-refractivity contribution < 1.29 is 4.74 Å². The molecular weight excluding hydrogens is 318 g/mol. The molecule has 4 rings (SSSR count). The van der Waals surface area contributed by atoms with Gasteiger partial charge in [-0.25, -0.2) is 0 Å². The molecule has 0 aliphatic carbocycles. The maximum absolute atomic E-state index is 5.55. The average Bonchev–Trinajstić information content (AvgIpc) is 3.17. The zero-order valence-electron chi connectivity index (χ0n) is 14.8. The first kappa shape index (κ1) is 16.6. The lowest BCUT2D eigenvalue weighted by atomic mass is 10.0. The first-order chi connectivity index (χ1) is 12.9. The third-order valence-corrected chi connectivity index (χ3v) is 4.67. The molecule has 0 fully saturated rings. The fraction of sp³-hybridized carbons (Fsp3) is 0.167. The summed E-state index contributed by atoms with van der Waals surface area (Å²) in [6.07, 6.45) is 5.37. The fourth-order valence-corrected chi connectivity index (χ4v) is 3.26. The van der Waals surface area contributed by atoms with Crippen molar-refractivity contribution in [1.82, 2.24) is 5.32 Å². The molecule has 1 aliphatic rings. The molecular formula is C24H23NO. The number of hydrogen-bond donors (Lipinski definition) is 1. The third-order valence-electron chi connectivity index (χ3n) is 4.67. The summed E-state index contributed by atoms with van der Waals surface area (Å²) in [7, 11) is 0. The minimum Gasteiger partial charge on any atom is -0.493 e. The molecule has 2 nitrogen and oxygen atoms in total. The van der Waals surface area contributed by atoms with Crippen LogP contribution >= 0.6 is 0 Å². The smallest absolute Gasteiger partial charge is 0.122 e. The van der Waals surface area contributed by atoms with E-state index in [2.05, 4.69) is 84.2 Å². The largest absolute Gasteiger partial charge is 0.493 e. The highest BCUT2D eigenvalue weighted by Crippen LogP contribution is 2.25. The summed E-state index contributed by atoms with van der Waals surface area (Å²) in [6.45, 7) is 2.55. The van der Waals surface area contributed by atoms with Crippen molar-refractivity contribution in [2.45, 2.75) is 13.0 Å². The molecule has 0 radical (unpaired) electrons. The Morgan fingerprint density at radius 3 is 2.54 bits per heavy atom. The van der Waals surface area contributed by atoms with E-state index in [0.717, 1.165) is 31.9 Å². The minimum absolute atomic E-state index is 0.817. The summed E-state index contributed by atoms with van der Waals surface area (Å²) in [5.41, 5.74) is 6.38. The van der Waals surface area contributed by atoms with Gasteiger partial charge >= 0.3 is 0 Å². The van der Waals surface area contributed by atoms with E-state index >= 15 is 0 Å². The summed E-state index contributed by atoms with van der Waals surface area (Å²) in [4.78, 5) is 0. The molecule has 26 heavy (non-hydrogen) atoms. The number of hydrogen-bond acceptors (Lipinski definition) is 2. The van der Waals surface area contributed by atoms with Crippen molar-refractivity contribution in [3.8, 4) is 16.9 Å². The van der Waals surface area contributed by atoms with Crippen molar-refractivity contribution in [3.63, 3.8) is 0 Å². The van der Waals surface area contributed by atoms with Crippen LogP contribution in [0.5, 0.6) is 5.75 Å². The first-order valence-corrected chi connectivity index (χ1v) is 9.16. The lowest BCUT2D eigenvalue weighted by molar-refractivity contribution is 0.357. The van der Waals surface area contributed by atoms with Crippen LogP contribution in [0.15, 0.2) is 78.9 Å². The Labute approximate surface area is 155 Å². The molecule has 2 heteroatoms. The normalized spacial score (nSPS) is 12.9. The summed E-state index contributed by atoms with van der Waals surface area (Å²) in [5.74, 6) is 1.05. The molecule has 3 aromatic rings. The molecule has 0 amide bonds. The maximum Gasteiger partial charge on any atom is 0.122 e. The van der Waals surface area contributed by atoms with Gasteiger partial charge in [-0.1, -0.05) is 78.9 Å². The molecule has 0 bridgehead atoms. The number of nitrogens with one attached hydrogen (secondary N) is 1. The van der Waals surface area contributed by atoms with Gasteiger partial charge < -0.3 is 10.1 Å². The SMILES string of the molecule is C(=C\c1ccc(-c2ccccc2)cc1)/CNCc1ccc2c(c1)CCO2. The molecule has 0 atom stereocenters. The summed E-state index contributed by atoms with van der Waals surface area (Å²) in [5, 5.41) is 3.47. The average molecular weight is 341 g/mol. The lowest BCUT2D eigenvalue weighted by Crippen LogP contribution is -2.12. The van der Waals surface area contributed by atoms with Gasteiger partial charge in [0.1, 0.15) is 5.75 Å². The van der Waals surface area contributed by atoms with E-state index in [9.17, 15) is 0 Å². The van der Waals surface area contributed by atoms with Gasteiger partial charge in [0.2, 0.25) is 0 Å². The Morgan fingerprint density at radius 2 is 1.69 bits per heavy atom. The quantitative estimate of drug-likeness (QED) is 0.631. The van der Waals surface area contributed by atoms with E-state index in [1.807, 2.05) is 6.07 Å². The van der Waals surface area contributed by atoms with Crippen LogP contribution in [0.3, 0.4) is 0 Å². The number of rotatable bonds is 6. The lowest BCUT2D eigenvalue weighted by Gasteiger charge is -2.05. The van der Waals surface area contributed by atoms with Gasteiger partial charge in [-0.2, -0.15) is 0 Å². The zero-order chi connectivity index (χ0) is 17.6. The van der Waals surface area contributed by atoms with E-state index in [0.29, 0.717) is 0 Å². The molecule has 0 aromatic heterocycles. The molecule has 130 valence electrons. The predicted octanol–water partition coefficient (Wildman–Crippen LogP) is 5.09. The van der Waals surface area contributed by atoms with Gasteiger partial charge in [0.15, 0.2) is 0 Å². The van der Waals surface area contributed by atoms with Crippen LogP contribution in [0.25, 0.3) is 17.2 Å². The maximum atomic E-state index is 5.55. The third kappa shape index (κ3) is 4.04. The van der Waals surface area contributed by atoms with Crippen LogP contribution in [0, 0.1) is 0 Å².